The summed E-state index contributed by atoms with van der Waals surface area (Å²) in [6.45, 7) is 0.191. The average Bonchev–Trinajstić information content (AvgIpc) is 2.97. The van der Waals surface area contributed by atoms with E-state index in [1.54, 1.807) is 0 Å². The summed E-state index contributed by atoms with van der Waals surface area (Å²) in [5.41, 5.74) is 0.340. The van der Waals surface area contributed by atoms with Crippen LogP contribution in [0.25, 0.3) is 0 Å². The van der Waals surface area contributed by atoms with Gasteiger partial charge in [-0.1, -0.05) is 0 Å². The molecule has 1 heterocycles. The second kappa shape index (κ2) is 5.82. The minimum atomic E-state index is -3.86. The predicted molar refractivity (Wildman–Crippen MR) is 74.4 cm³/mol. The molecule has 0 spiro atoms. The smallest absolute Gasteiger partial charge is 0.322 e. The van der Waals surface area contributed by atoms with Gasteiger partial charge in [0.1, 0.15) is 6.04 Å². The number of carboxylic acids is 1. The van der Waals surface area contributed by atoms with Crippen molar-refractivity contribution in [2.75, 3.05) is 13.6 Å². The van der Waals surface area contributed by atoms with E-state index < -0.39 is 22.0 Å². The van der Waals surface area contributed by atoms with Crippen LogP contribution < -0.4 is 5.32 Å². The number of carboxylic acid groups (broad SMARTS) is 1. The van der Waals surface area contributed by atoms with Crippen LogP contribution >= 0.6 is 0 Å². The van der Waals surface area contributed by atoms with Crippen LogP contribution in [0.3, 0.4) is 0 Å². The number of sulfonamides is 1. The minimum absolute atomic E-state index is 0.0108. The Morgan fingerprint density at radius 3 is 2.43 bits per heavy atom. The fourth-order valence-electron chi connectivity index (χ4n) is 2.33. The second-order valence-corrected chi connectivity index (χ2v) is 6.61. The van der Waals surface area contributed by atoms with E-state index in [9.17, 15) is 18.0 Å². The summed E-state index contributed by atoms with van der Waals surface area (Å²) >= 11 is 0. The molecule has 21 heavy (non-hydrogen) atoms. The van der Waals surface area contributed by atoms with Gasteiger partial charge in [-0.2, -0.15) is 4.31 Å². The monoisotopic (exact) mass is 312 g/mol. The summed E-state index contributed by atoms with van der Waals surface area (Å²) in [6.07, 6.45) is 0.831. The van der Waals surface area contributed by atoms with Crippen molar-refractivity contribution in [3.8, 4) is 0 Å². The molecule has 1 unspecified atom stereocenters. The number of hydrogen-bond donors (Lipinski definition) is 2. The number of benzene rings is 1. The molecule has 0 radical (unpaired) electrons. The fraction of sp³-hybridized carbons (Fsp3) is 0.385. The lowest BCUT2D eigenvalue weighted by atomic mass is 10.2. The number of hydrogen-bond acceptors (Lipinski definition) is 4. The van der Waals surface area contributed by atoms with Crippen LogP contribution in [0.15, 0.2) is 29.2 Å². The molecule has 7 nitrogen and oxygen atoms in total. The number of carbonyl (C=O) groups is 2. The third-order valence-corrected chi connectivity index (χ3v) is 5.36. The van der Waals surface area contributed by atoms with E-state index in [-0.39, 0.29) is 17.3 Å². The Balaban J connectivity index is 2.31. The Labute approximate surface area is 122 Å². The van der Waals surface area contributed by atoms with Crippen molar-refractivity contribution >= 4 is 21.9 Å². The summed E-state index contributed by atoms with van der Waals surface area (Å²) in [4.78, 5) is 22.5. The van der Waals surface area contributed by atoms with Gasteiger partial charge in [-0.05, 0) is 37.1 Å². The Hall–Kier alpha value is -1.93. The molecule has 0 saturated carbocycles. The zero-order valence-corrected chi connectivity index (χ0v) is 12.3. The molecule has 0 aliphatic carbocycles. The van der Waals surface area contributed by atoms with Crippen LogP contribution in [-0.2, 0) is 14.8 Å². The molecule has 1 aliphatic heterocycles. The first-order valence-corrected chi connectivity index (χ1v) is 7.88. The summed E-state index contributed by atoms with van der Waals surface area (Å²) in [7, 11) is -2.38. The van der Waals surface area contributed by atoms with E-state index in [2.05, 4.69) is 5.32 Å². The van der Waals surface area contributed by atoms with Crippen molar-refractivity contribution in [1.82, 2.24) is 9.62 Å². The molecule has 1 saturated heterocycles. The van der Waals surface area contributed by atoms with E-state index in [0.717, 1.165) is 4.31 Å². The standard InChI is InChI=1S/C13H16N2O5S/c1-14-12(16)9-4-6-10(7-5-9)21(19,20)15-8-2-3-11(15)13(17)18/h4-7,11H,2-3,8H2,1H3,(H,14,16)(H,17,18). The van der Waals surface area contributed by atoms with Crippen LogP contribution in [0.2, 0.25) is 0 Å². The van der Waals surface area contributed by atoms with Gasteiger partial charge in [0.25, 0.3) is 5.91 Å². The van der Waals surface area contributed by atoms with Gasteiger partial charge in [-0.3, -0.25) is 9.59 Å². The molecule has 1 aliphatic rings. The highest BCUT2D eigenvalue weighted by Crippen LogP contribution is 2.26. The highest BCUT2D eigenvalue weighted by Gasteiger charge is 2.39. The number of nitrogens with one attached hydrogen (secondary N) is 1. The van der Waals surface area contributed by atoms with Crippen molar-refractivity contribution in [3.05, 3.63) is 29.8 Å². The van der Waals surface area contributed by atoms with E-state index in [4.69, 9.17) is 5.11 Å². The van der Waals surface area contributed by atoms with Gasteiger partial charge in [0.05, 0.1) is 4.90 Å². The van der Waals surface area contributed by atoms with Crippen LogP contribution in [0.4, 0.5) is 0 Å². The zero-order chi connectivity index (χ0) is 15.6. The molecule has 114 valence electrons. The van der Waals surface area contributed by atoms with Crippen LogP contribution in [-0.4, -0.2) is 49.3 Å². The van der Waals surface area contributed by atoms with Gasteiger partial charge in [0.2, 0.25) is 10.0 Å². The average molecular weight is 312 g/mol. The number of nitrogens with zero attached hydrogens (tertiary/aromatic N) is 1. The van der Waals surface area contributed by atoms with Crippen molar-refractivity contribution < 1.29 is 23.1 Å². The predicted octanol–water partition coefficient (Wildman–Crippen LogP) is 0.284. The van der Waals surface area contributed by atoms with Gasteiger partial charge in [-0.15, -0.1) is 0 Å². The van der Waals surface area contributed by atoms with E-state index in [1.807, 2.05) is 0 Å². The topological polar surface area (TPSA) is 104 Å². The minimum Gasteiger partial charge on any atom is -0.480 e. The van der Waals surface area contributed by atoms with Crippen molar-refractivity contribution in [2.24, 2.45) is 0 Å². The highest BCUT2D eigenvalue weighted by atomic mass is 32.2. The summed E-state index contributed by atoms with van der Waals surface area (Å²) < 4.78 is 25.9. The largest absolute Gasteiger partial charge is 0.480 e. The van der Waals surface area contributed by atoms with E-state index in [1.165, 1.54) is 31.3 Å². The molecule has 0 bridgehead atoms. The van der Waals surface area contributed by atoms with Crippen LogP contribution in [0.5, 0.6) is 0 Å². The molecular formula is C13H16N2O5S. The molecule has 1 atom stereocenters. The number of amides is 1. The van der Waals surface area contributed by atoms with Crippen molar-refractivity contribution in [3.63, 3.8) is 0 Å². The lowest BCUT2D eigenvalue weighted by molar-refractivity contribution is -0.140. The summed E-state index contributed by atoms with van der Waals surface area (Å²) in [5, 5.41) is 11.5. The second-order valence-electron chi connectivity index (χ2n) is 4.72. The molecule has 1 aromatic rings. The normalized spacial score (nSPS) is 19.4. The number of rotatable bonds is 4. The van der Waals surface area contributed by atoms with Gasteiger partial charge in [-0.25, -0.2) is 8.42 Å². The quantitative estimate of drug-likeness (QED) is 0.831. The molecule has 2 N–H and O–H groups in total. The van der Waals surface area contributed by atoms with Gasteiger partial charge in [0, 0.05) is 19.2 Å². The first kappa shape index (κ1) is 15.5. The SMILES string of the molecule is CNC(=O)c1ccc(S(=O)(=O)N2CCCC2C(=O)O)cc1. The molecule has 2 rings (SSSR count). The molecule has 1 fully saturated rings. The zero-order valence-electron chi connectivity index (χ0n) is 11.4. The maximum Gasteiger partial charge on any atom is 0.322 e. The van der Waals surface area contributed by atoms with Crippen molar-refractivity contribution in [2.45, 2.75) is 23.8 Å². The summed E-state index contributed by atoms with van der Waals surface area (Å²) in [5.74, 6) is -1.46. The Morgan fingerprint density at radius 2 is 1.90 bits per heavy atom. The van der Waals surface area contributed by atoms with E-state index >= 15 is 0 Å². The lowest BCUT2D eigenvalue weighted by Crippen LogP contribution is -2.40. The van der Waals surface area contributed by atoms with Crippen LogP contribution in [0.1, 0.15) is 23.2 Å². The van der Waals surface area contributed by atoms with Gasteiger partial charge < -0.3 is 10.4 Å². The lowest BCUT2D eigenvalue weighted by Gasteiger charge is -2.21. The van der Waals surface area contributed by atoms with Crippen LogP contribution in [0, 0.1) is 0 Å². The third kappa shape index (κ3) is 2.91. The van der Waals surface area contributed by atoms with Crippen molar-refractivity contribution in [1.29, 1.82) is 0 Å². The maximum atomic E-state index is 12.5. The number of carbonyl (C=O) groups excluding carboxylic acids is 1. The first-order chi connectivity index (χ1) is 9.87. The fourth-order valence-corrected chi connectivity index (χ4v) is 3.98. The Morgan fingerprint density at radius 1 is 1.29 bits per heavy atom. The Kier molecular flexibility index (Phi) is 4.29. The third-order valence-electron chi connectivity index (χ3n) is 3.44. The molecule has 1 aromatic carbocycles. The first-order valence-electron chi connectivity index (χ1n) is 6.44. The maximum absolute atomic E-state index is 12.5. The van der Waals surface area contributed by atoms with Gasteiger partial charge >= 0.3 is 5.97 Å². The molecular weight excluding hydrogens is 296 g/mol. The van der Waals surface area contributed by atoms with Gasteiger partial charge in [0.15, 0.2) is 0 Å². The highest BCUT2D eigenvalue weighted by molar-refractivity contribution is 7.89. The molecule has 8 heteroatoms. The van der Waals surface area contributed by atoms with E-state index in [0.29, 0.717) is 18.4 Å². The molecule has 0 aromatic heterocycles. The summed E-state index contributed by atoms with van der Waals surface area (Å²) in [6, 6.07) is 4.41. The Bertz CT molecular complexity index is 654. The molecule has 1 amide bonds. The number of aliphatic carboxylic acids is 1.